The SMILES string of the molecule is CCC1CN(CC)c2cc(S(=O)(=O)NCCO)ccc2O1. The van der Waals surface area contributed by atoms with E-state index in [0.717, 1.165) is 30.9 Å². The van der Waals surface area contributed by atoms with Gasteiger partial charge in [-0.15, -0.1) is 0 Å². The molecule has 118 valence electrons. The van der Waals surface area contributed by atoms with Gasteiger partial charge >= 0.3 is 0 Å². The molecule has 0 aliphatic carbocycles. The number of aliphatic hydroxyl groups excluding tert-OH is 1. The second kappa shape index (κ2) is 6.64. The summed E-state index contributed by atoms with van der Waals surface area (Å²) in [5.41, 5.74) is 0.800. The van der Waals surface area contributed by atoms with Crippen molar-refractivity contribution in [2.75, 3.05) is 31.1 Å². The number of hydrogen-bond acceptors (Lipinski definition) is 5. The highest BCUT2D eigenvalue weighted by molar-refractivity contribution is 7.89. The number of sulfonamides is 1. The molecule has 2 N–H and O–H groups in total. The van der Waals surface area contributed by atoms with Gasteiger partial charge in [-0.05, 0) is 31.5 Å². The Kier molecular flexibility index (Phi) is 5.08. The predicted molar refractivity (Wildman–Crippen MR) is 81.3 cm³/mol. The molecule has 0 radical (unpaired) electrons. The minimum Gasteiger partial charge on any atom is -0.486 e. The molecule has 1 aromatic carbocycles. The molecule has 0 aromatic heterocycles. The van der Waals surface area contributed by atoms with Crippen LogP contribution < -0.4 is 14.4 Å². The molecule has 0 spiro atoms. The molecule has 6 nitrogen and oxygen atoms in total. The summed E-state index contributed by atoms with van der Waals surface area (Å²) in [5.74, 6) is 0.719. The van der Waals surface area contributed by atoms with Crippen molar-refractivity contribution in [1.82, 2.24) is 4.72 Å². The zero-order valence-corrected chi connectivity index (χ0v) is 13.2. The van der Waals surface area contributed by atoms with Crippen LogP contribution in [0, 0.1) is 0 Å². The first-order valence-electron chi connectivity index (χ1n) is 7.18. The van der Waals surface area contributed by atoms with Crippen LogP contribution in [0.3, 0.4) is 0 Å². The molecule has 0 bridgehead atoms. The second-order valence-corrected chi connectivity index (χ2v) is 6.70. The van der Waals surface area contributed by atoms with E-state index in [1.807, 2.05) is 6.92 Å². The number of anilines is 1. The Balaban J connectivity index is 2.34. The Morgan fingerprint density at radius 1 is 1.43 bits per heavy atom. The van der Waals surface area contributed by atoms with Crippen LogP contribution in [-0.2, 0) is 10.0 Å². The van der Waals surface area contributed by atoms with E-state index in [9.17, 15) is 8.42 Å². The Hall–Kier alpha value is -1.31. The minimum atomic E-state index is -3.60. The number of rotatable bonds is 6. The van der Waals surface area contributed by atoms with Crippen molar-refractivity contribution in [3.8, 4) is 5.75 Å². The molecule has 1 atom stereocenters. The number of hydrogen-bond donors (Lipinski definition) is 2. The number of fused-ring (bicyclic) bond motifs is 1. The lowest BCUT2D eigenvalue weighted by molar-refractivity contribution is 0.189. The Bertz CT molecular complexity index is 589. The number of nitrogens with zero attached hydrogens (tertiary/aromatic N) is 1. The van der Waals surface area contributed by atoms with E-state index in [0.29, 0.717) is 0 Å². The van der Waals surface area contributed by atoms with Crippen LogP contribution >= 0.6 is 0 Å². The number of likely N-dealkylation sites (N-methyl/N-ethyl adjacent to an activating group) is 1. The monoisotopic (exact) mass is 314 g/mol. The van der Waals surface area contributed by atoms with E-state index in [2.05, 4.69) is 16.5 Å². The van der Waals surface area contributed by atoms with Gasteiger partial charge in [-0.25, -0.2) is 13.1 Å². The van der Waals surface area contributed by atoms with Crippen molar-refractivity contribution < 1.29 is 18.3 Å². The van der Waals surface area contributed by atoms with Crippen LogP contribution in [0.4, 0.5) is 5.69 Å². The van der Waals surface area contributed by atoms with Gasteiger partial charge in [-0.3, -0.25) is 0 Å². The first-order chi connectivity index (χ1) is 10.0. The Morgan fingerprint density at radius 2 is 2.19 bits per heavy atom. The topological polar surface area (TPSA) is 78.9 Å². The first-order valence-corrected chi connectivity index (χ1v) is 8.66. The summed E-state index contributed by atoms with van der Waals surface area (Å²) in [6.45, 7) is 5.43. The fourth-order valence-electron chi connectivity index (χ4n) is 2.35. The maximum atomic E-state index is 12.1. The predicted octanol–water partition coefficient (Wildman–Crippen LogP) is 0.954. The number of benzene rings is 1. The van der Waals surface area contributed by atoms with Crippen LogP contribution in [0.1, 0.15) is 20.3 Å². The van der Waals surface area contributed by atoms with Crippen molar-refractivity contribution in [3.63, 3.8) is 0 Å². The van der Waals surface area contributed by atoms with E-state index >= 15 is 0 Å². The van der Waals surface area contributed by atoms with Gasteiger partial charge in [0.2, 0.25) is 10.0 Å². The third-order valence-corrected chi connectivity index (χ3v) is 5.00. The molecular formula is C14H22N2O4S. The van der Waals surface area contributed by atoms with Crippen LogP contribution in [0.2, 0.25) is 0 Å². The lowest BCUT2D eigenvalue weighted by atomic mass is 10.1. The summed E-state index contributed by atoms with van der Waals surface area (Å²) >= 11 is 0. The van der Waals surface area contributed by atoms with Gasteiger partial charge in [0.05, 0.1) is 23.7 Å². The summed E-state index contributed by atoms with van der Waals surface area (Å²) in [6, 6.07) is 4.86. The molecule has 1 unspecified atom stereocenters. The summed E-state index contributed by atoms with van der Waals surface area (Å²) in [6.07, 6.45) is 1.04. The molecular weight excluding hydrogens is 292 g/mol. The zero-order valence-electron chi connectivity index (χ0n) is 12.4. The first kappa shape index (κ1) is 16.1. The van der Waals surface area contributed by atoms with E-state index in [-0.39, 0.29) is 24.2 Å². The number of nitrogens with one attached hydrogen (secondary N) is 1. The summed E-state index contributed by atoms with van der Waals surface area (Å²) in [4.78, 5) is 2.31. The molecule has 1 heterocycles. The molecule has 0 fully saturated rings. The highest BCUT2D eigenvalue weighted by Gasteiger charge is 2.25. The number of ether oxygens (including phenoxy) is 1. The molecule has 0 amide bonds. The Morgan fingerprint density at radius 3 is 2.81 bits per heavy atom. The van der Waals surface area contributed by atoms with Gasteiger partial charge in [0.15, 0.2) is 0 Å². The average molecular weight is 314 g/mol. The molecule has 7 heteroatoms. The lowest BCUT2D eigenvalue weighted by Crippen LogP contribution is -2.39. The second-order valence-electron chi connectivity index (χ2n) is 4.94. The van der Waals surface area contributed by atoms with Crippen LogP contribution in [0.5, 0.6) is 5.75 Å². The maximum Gasteiger partial charge on any atom is 0.240 e. The van der Waals surface area contributed by atoms with Gasteiger partial charge in [0.1, 0.15) is 11.9 Å². The summed E-state index contributed by atoms with van der Waals surface area (Å²) in [7, 11) is -3.60. The fraction of sp³-hybridized carbons (Fsp3) is 0.571. The normalized spacial score (nSPS) is 18.2. The van der Waals surface area contributed by atoms with E-state index in [4.69, 9.17) is 9.84 Å². The minimum absolute atomic E-state index is 0.00528. The molecule has 2 rings (SSSR count). The third-order valence-electron chi connectivity index (χ3n) is 3.54. The van der Waals surface area contributed by atoms with Gasteiger partial charge < -0.3 is 14.7 Å². The number of aliphatic hydroxyl groups is 1. The summed E-state index contributed by atoms with van der Waals surface area (Å²) in [5, 5.41) is 8.75. The molecule has 21 heavy (non-hydrogen) atoms. The average Bonchev–Trinajstić information content (AvgIpc) is 2.51. The van der Waals surface area contributed by atoms with Gasteiger partial charge in [-0.2, -0.15) is 0 Å². The smallest absolute Gasteiger partial charge is 0.240 e. The van der Waals surface area contributed by atoms with E-state index in [1.165, 1.54) is 6.07 Å². The molecule has 1 aliphatic heterocycles. The van der Waals surface area contributed by atoms with Crippen LogP contribution in [0.25, 0.3) is 0 Å². The van der Waals surface area contributed by atoms with Gasteiger partial charge in [-0.1, -0.05) is 6.92 Å². The Labute approximate surface area is 125 Å². The van der Waals surface area contributed by atoms with Gasteiger partial charge in [0.25, 0.3) is 0 Å². The van der Waals surface area contributed by atoms with Crippen molar-refractivity contribution in [3.05, 3.63) is 18.2 Å². The fourth-order valence-corrected chi connectivity index (χ4v) is 3.39. The van der Waals surface area contributed by atoms with Crippen LogP contribution in [0.15, 0.2) is 23.1 Å². The van der Waals surface area contributed by atoms with E-state index in [1.54, 1.807) is 12.1 Å². The molecule has 0 saturated carbocycles. The highest BCUT2D eigenvalue weighted by Crippen LogP contribution is 2.35. The third kappa shape index (κ3) is 3.48. The summed E-state index contributed by atoms with van der Waals surface area (Å²) < 4.78 is 32.4. The van der Waals surface area contributed by atoms with E-state index < -0.39 is 10.0 Å². The van der Waals surface area contributed by atoms with Crippen molar-refractivity contribution in [2.24, 2.45) is 0 Å². The molecule has 1 aromatic rings. The molecule has 0 saturated heterocycles. The van der Waals surface area contributed by atoms with Crippen LogP contribution in [-0.4, -0.2) is 45.9 Å². The maximum absolute atomic E-state index is 12.1. The highest BCUT2D eigenvalue weighted by atomic mass is 32.2. The molecule has 1 aliphatic rings. The standard InChI is InChI=1S/C14H22N2O4S/c1-3-11-10-16(4-2)13-9-12(5-6-14(13)20-11)21(18,19)15-7-8-17/h5-6,9,11,15,17H,3-4,7-8,10H2,1-2H3. The zero-order chi connectivity index (χ0) is 15.5. The largest absolute Gasteiger partial charge is 0.486 e. The van der Waals surface area contributed by atoms with Gasteiger partial charge in [0, 0.05) is 13.1 Å². The van der Waals surface area contributed by atoms with Crippen molar-refractivity contribution in [2.45, 2.75) is 31.3 Å². The van der Waals surface area contributed by atoms with Crippen molar-refractivity contribution >= 4 is 15.7 Å². The quantitative estimate of drug-likeness (QED) is 0.817. The van der Waals surface area contributed by atoms with Crippen molar-refractivity contribution in [1.29, 1.82) is 0 Å². The lowest BCUT2D eigenvalue weighted by Gasteiger charge is -2.35.